The summed E-state index contributed by atoms with van der Waals surface area (Å²) < 4.78 is 10.6. The summed E-state index contributed by atoms with van der Waals surface area (Å²) in [6, 6.07) is 0. The number of ether oxygens (including phenoxy) is 2. The van der Waals surface area contributed by atoms with Crippen molar-refractivity contribution in [3.63, 3.8) is 0 Å². The molecule has 0 spiro atoms. The summed E-state index contributed by atoms with van der Waals surface area (Å²) in [6.07, 6.45) is 0.443. The van der Waals surface area contributed by atoms with E-state index in [1.165, 1.54) is 0 Å². The van der Waals surface area contributed by atoms with Crippen molar-refractivity contribution in [1.29, 1.82) is 0 Å². The van der Waals surface area contributed by atoms with E-state index in [-0.39, 0.29) is 12.2 Å². The summed E-state index contributed by atoms with van der Waals surface area (Å²) >= 11 is 0. The monoisotopic (exact) mass is 175 g/mol. The van der Waals surface area contributed by atoms with Crippen LogP contribution < -0.4 is 5.32 Å². The van der Waals surface area contributed by atoms with Crippen LogP contribution in [0.4, 0.5) is 0 Å². The lowest BCUT2D eigenvalue weighted by Crippen LogP contribution is -2.30. The molecule has 3 heteroatoms. The zero-order valence-corrected chi connectivity index (χ0v) is 8.59. The van der Waals surface area contributed by atoms with Crippen molar-refractivity contribution in [2.24, 2.45) is 0 Å². The molecule has 0 aromatic heterocycles. The Balaban J connectivity index is 3.33. The molecule has 0 saturated heterocycles. The Kier molecular flexibility index (Phi) is 7.45. The molecule has 3 nitrogen and oxygen atoms in total. The minimum atomic E-state index is 0.184. The first-order valence-corrected chi connectivity index (χ1v) is 4.55. The average molecular weight is 175 g/mol. The molecule has 0 aliphatic carbocycles. The highest BCUT2D eigenvalue weighted by Crippen LogP contribution is 1.97. The van der Waals surface area contributed by atoms with Gasteiger partial charge in [0.1, 0.15) is 0 Å². The molecule has 0 heterocycles. The van der Waals surface area contributed by atoms with Gasteiger partial charge < -0.3 is 14.8 Å². The van der Waals surface area contributed by atoms with Crippen molar-refractivity contribution in [2.75, 3.05) is 26.8 Å². The molecule has 0 aromatic rings. The van der Waals surface area contributed by atoms with Crippen molar-refractivity contribution < 1.29 is 9.47 Å². The highest BCUT2D eigenvalue weighted by atomic mass is 16.5. The van der Waals surface area contributed by atoms with E-state index in [0.29, 0.717) is 6.61 Å². The molecule has 0 radical (unpaired) electrons. The number of hydrogen-bond donors (Lipinski definition) is 1. The minimum absolute atomic E-state index is 0.184. The molecular formula is C9H21NO2. The van der Waals surface area contributed by atoms with Gasteiger partial charge in [-0.1, -0.05) is 6.92 Å². The Labute approximate surface area is 75.4 Å². The molecule has 0 rings (SSSR count). The first kappa shape index (κ1) is 11.9. The first-order chi connectivity index (χ1) is 5.70. The molecule has 0 bridgehead atoms. The molecule has 74 valence electrons. The highest BCUT2D eigenvalue weighted by Gasteiger charge is 2.06. The number of hydrogen-bond acceptors (Lipinski definition) is 3. The van der Waals surface area contributed by atoms with E-state index in [9.17, 15) is 0 Å². The molecule has 12 heavy (non-hydrogen) atoms. The Hall–Kier alpha value is -0.120. The predicted octanol–water partition coefficient (Wildman–Crippen LogP) is 1.04. The van der Waals surface area contributed by atoms with Crippen LogP contribution in [0.1, 0.15) is 20.8 Å². The van der Waals surface area contributed by atoms with E-state index in [1.807, 2.05) is 6.92 Å². The summed E-state index contributed by atoms with van der Waals surface area (Å²) in [5.41, 5.74) is 0. The SMILES string of the molecule is CCNCC(C)OC(C)COC. The van der Waals surface area contributed by atoms with Gasteiger partial charge in [0.15, 0.2) is 0 Å². The molecule has 0 aliphatic rings. The minimum Gasteiger partial charge on any atom is -0.382 e. The van der Waals surface area contributed by atoms with E-state index in [4.69, 9.17) is 9.47 Å². The van der Waals surface area contributed by atoms with Crippen LogP contribution in [-0.2, 0) is 9.47 Å². The second-order valence-electron chi connectivity index (χ2n) is 3.02. The smallest absolute Gasteiger partial charge is 0.0784 e. The molecule has 0 aromatic carbocycles. The molecule has 2 atom stereocenters. The zero-order valence-electron chi connectivity index (χ0n) is 8.59. The van der Waals surface area contributed by atoms with Gasteiger partial charge in [0.25, 0.3) is 0 Å². The summed E-state index contributed by atoms with van der Waals surface area (Å²) in [7, 11) is 1.69. The Bertz CT molecular complexity index is 98.5. The molecular weight excluding hydrogens is 154 g/mol. The Morgan fingerprint density at radius 3 is 2.42 bits per heavy atom. The van der Waals surface area contributed by atoms with Crippen LogP contribution in [0.3, 0.4) is 0 Å². The molecule has 0 saturated carbocycles. The van der Waals surface area contributed by atoms with E-state index < -0.39 is 0 Å². The largest absolute Gasteiger partial charge is 0.382 e. The van der Waals surface area contributed by atoms with E-state index >= 15 is 0 Å². The Morgan fingerprint density at radius 2 is 1.92 bits per heavy atom. The maximum absolute atomic E-state index is 5.61. The zero-order chi connectivity index (χ0) is 9.40. The second-order valence-corrected chi connectivity index (χ2v) is 3.02. The first-order valence-electron chi connectivity index (χ1n) is 4.55. The molecule has 0 amide bonds. The number of rotatable bonds is 7. The summed E-state index contributed by atoms with van der Waals surface area (Å²) in [4.78, 5) is 0. The van der Waals surface area contributed by atoms with Gasteiger partial charge in [-0.25, -0.2) is 0 Å². The van der Waals surface area contributed by atoms with Gasteiger partial charge in [0.2, 0.25) is 0 Å². The fourth-order valence-corrected chi connectivity index (χ4v) is 1.07. The topological polar surface area (TPSA) is 30.5 Å². The fourth-order valence-electron chi connectivity index (χ4n) is 1.07. The number of nitrogens with one attached hydrogen (secondary N) is 1. The van der Waals surface area contributed by atoms with Gasteiger partial charge in [0, 0.05) is 13.7 Å². The summed E-state index contributed by atoms with van der Waals surface area (Å²) in [5, 5.41) is 3.23. The van der Waals surface area contributed by atoms with Gasteiger partial charge in [-0.05, 0) is 20.4 Å². The summed E-state index contributed by atoms with van der Waals surface area (Å²) in [6.45, 7) is 8.74. The van der Waals surface area contributed by atoms with Crippen LogP contribution in [0.15, 0.2) is 0 Å². The van der Waals surface area contributed by atoms with Crippen molar-refractivity contribution in [2.45, 2.75) is 33.0 Å². The van der Waals surface area contributed by atoms with Gasteiger partial charge in [-0.2, -0.15) is 0 Å². The molecule has 1 N–H and O–H groups in total. The standard InChI is InChI=1S/C9H21NO2/c1-5-10-6-8(2)12-9(3)7-11-4/h8-10H,5-7H2,1-4H3. The quantitative estimate of drug-likeness (QED) is 0.627. The lowest BCUT2D eigenvalue weighted by Gasteiger charge is -2.18. The molecule has 0 aliphatic heterocycles. The van der Waals surface area contributed by atoms with Crippen LogP contribution in [0.5, 0.6) is 0 Å². The number of methoxy groups -OCH3 is 1. The van der Waals surface area contributed by atoms with E-state index in [0.717, 1.165) is 13.1 Å². The van der Waals surface area contributed by atoms with Gasteiger partial charge in [0.05, 0.1) is 18.8 Å². The summed E-state index contributed by atoms with van der Waals surface area (Å²) in [5.74, 6) is 0. The van der Waals surface area contributed by atoms with Crippen molar-refractivity contribution >= 4 is 0 Å². The van der Waals surface area contributed by atoms with E-state index in [2.05, 4.69) is 19.2 Å². The van der Waals surface area contributed by atoms with Crippen LogP contribution >= 0.6 is 0 Å². The predicted molar refractivity (Wildman–Crippen MR) is 50.4 cm³/mol. The lowest BCUT2D eigenvalue weighted by atomic mass is 10.3. The van der Waals surface area contributed by atoms with Gasteiger partial charge in [-0.15, -0.1) is 0 Å². The highest BCUT2D eigenvalue weighted by molar-refractivity contribution is 4.57. The van der Waals surface area contributed by atoms with Crippen LogP contribution in [0, 0.1) is 0 Å². The molecule has 0 fully saturated rings. The van der Waals surface area contributed by atoms with Crippen LogP contribution in [0.25, 0.3) is 0 Å². The van der Waals surface area contributed by atoms with Crippen molar-refractivity contribution in [3.05, 3.63) is 0 Å². The number of likely N-dealkylation sites (N-methyl/N-ethyl adjacent to an activating group) is 1. The normalized spacial score (nSPS) is 16.0. The van der Waals surface area contributed by atoms with Crippen molar-refractivity contribution in [1.82, 2.24) is 5.32 Å². The third-order valence-corrected chi connectivity index (χ3v) is 1.55. The van der Waals surface area contributed by atoms with E-state index in [1.54, 1.807) is 7.11 Å². The maximum Gasteiger partial charge on any atom is 0.0784 e. The maximum atomic E-state index is 5.61. The third-order valence-electron chi connectivity index (χ3n) is 1.55. The molecule has 2 unspecified atom stereocenters. The van der Waals surface area contributed by atoms with Gasteiger partial charge in [-0.3, -0.25) is 0 Å². The van der Waals surface area contributed by atoms with Crippen LogP contribution in [0.2, 0.25) is 0 Å². The van der Waals surface area contributed by atoms with Gasteiger partial charge >= 0.3 is 0 Å². The van der Waals surface area contributed by atoms with Crippen LogP contribution in [-0.4, -0.2) is 39.0 Å². The fraction of sp³-hybridized carbons (Fsp3) is 1.00. The third kappa shape index (κ3) is 6.58. The average Bonchev–Trinajstić information content (AvgIpc) is 2.01. The Morgan fingerprint density at radius 1 is 1.25 bits per heavy atom. The lowest BCUT2D eigenvalue weighted by molar-refractivity contribution is -0.0298. The second kappa shape index (κ2) is 7.53. The van der Waals surface area contributed by atoms with Crippen molar-refractivity contribution in [3.8, 4) is 0 Å².